The van der Waals surface area contributed by atoms with E-state index in [0.29, 0.717) is 6.42 Å². The van der Waals surface area contributed by atoms with E-state index in [4.69, 9.17) is 10.2 Å². The summed E-state index contributed by atoms with van der Waals surface area (Å²) in [7, 11) is 0. The molecule has 0 unspecified atom stereocenters. The molecule has 0 saturated carbocycles. The SMILES string of the molecule is C=C(C)C(=O)NC(O)(O)CCC. The van der Waals surface area contributed by atoms with Crippen molar-refractivity contribution >= 4 is 5.91 Å². The van der Waals surface area contributed by atoms with Gasteiger partial charge in [-0.1, -0.05) is 13.5 Å². The molecule has 1 amide bonds. The van der Waals surface area contributed by atoms with Gasteiger partial charge in [0.25, 0.3) is 0 Å². The molecule has 0 radical (unpaired) electrons. The van der Waals surface area contributed by atoms with Crippen LogP contribution in [0.15, 0.2) is 12.2 Å². The van der Waals surface area contributed by atoms with Crippen molar-refractivity contribution in [3.8, 4) is 0 Å². The zero-order valence-electron chi connectivity index (χ0n) is 7.42. The van der Waals surface area contributed by atoms with Crippen LogP contribution in [0, 0.1) is 0 Å². The standard InChI is InChI=1S/C8H15NO3/c1-4-5-8(11,12)9-7(10)6(2)3/h11-12H,2,4-5H2,1,3H3,(H,9,10). The molecule has 0 rings (SSSR count). The van der Waals surface area contributed by atoms with Crippen LogP contribution >= 0.6 is 0 Å². The Morgan fingerprint density at radius 1 is 1.58 bits per heavy atom. The monoisotopic (exact) mass is 173 g/mol. The highest BCUT2D eigenvalue weighted by Gasteiger charge is 2.23. The van der Waals surface area contributed by atoms with E-state index >= 15 is 0 Å². The number of aliphatic hydroxyl groups is 2. The van der Waals surface area contributed by atoms with Crippen LogP contribution in [-0.4, -0.2) is 22.0 Å². The zero-order chi connectivity index (χ0) is 9.78. The van der Waals surface area contributed by atoms with E-state index in [9.17, 15) is 4.79 Å². The quantitative estimate of drug-likeness (QED) is 0.417. The van der Waals surface area contributed by atoms with Gasteiger partial charge in [0.15, 0.2) is 0 Å². The summed E-state index contributed by atoms with van der Waals surface area (Å²) in [5, 5.41) is 20.3. The highest BCUT2D eigenvalue weighted by Crippen LogP contribution is 2.05. The normalized spacial score (nSPS) is 11.0. The molecule has 0 atom stereocenters. The third kappa shape index (κ3) is 4.10. The first-order valence-corrected chi connectivity index (χ1v) is 3.82. The van der Waals surface area contributed by atoms with Crippen molar-refractivity contribution in [3.05, 3.63) is 12.2 Å². The Morgan fingerprint density at radius 2 is 2.08 bits per heavy atom. The van der Waals surface area contributed by atoms with Crippen LogP contribution in [-0.2, 0) is 4.79 Å². The Morgan fingerprint density at radius 3 is 2.42 bits per heavy atom. The van der Waals surface area contributed by atoms with E-state index in [1.807, 2.05) is 5.32 Å². The molecule has 0 aliphatic rings. The molecular weight excluding hydrogens is 158 g/mol. The molecular formula is C8H15NO3. The van der Waals surface area contributed by atoms with E-state index in [2.05, 4.69) is 6.58 Å². The average Bonchev–Trinajstić information content (AvgIpc) is 1.85. The van der Waals surface area contributed by atoms with Gasteiger partial charge in [0.05, 0.1) is 0 Å². The molecule has 0 aromatic heterocycles. The molecule has 70 valence electrons. The van der Waals surface area contributed by atoms with E-state index in [0.717, 1.165) is 0 Å². The maximum Gasteiger partial charge on any atom is 0.250 e. The van der Waals surface area contributed by atoms with Crippen LogP contribution in [0.3, 0.4) is 0 Å². The third-order valence-corrected chi connectivity index (χ3v) is 1.30. The van der Waals surface area contributed by atoms with Crippen molar-refractivity contribution in [3.63, 3.8) is 0 Å². The summed E-state index contributed by atoms with van der Waals surface area (Å²) >= 11 is 0. The summed E-state index contributed by atoms with van der Waals surface area (Å²) in [6, 6.07) is 0. The fourth-order valence-corrected chi connectivity index (χ4v) is 0.700. The van der Waals surface area contributed by atoms with Gasteiger partial charge < -0.3 is 15.5 Å². The molecule has 0 heterocycles. The summed E-state index contributed by atoms with van der Waals surface area (Å²) in [5.74, 6) is -2.65. The molecule has 0 aromatic rings. The van der Waals surface area contributed by atoms with Crippen LogP contribution in [0.25, 0.3) is 0 Å². The topological polar surface area (TPSA) is 69.6 Å². The molecule has 0 aromatic carbocycles. The number of hydrogen-bond acceptors (Lipinski definition) is 3. The Balaban J connectivity index is 4.05. The summed E-state index contributed by atoms with van der Waals surface area (Å²) in [4.78, 5) is 10.9. The van der Waals surface area contributed by atoms with Gasteiger partial charge in [-0.3, -0.25) is 4.79 Å². The summed E-state index contributed by atoms with van der Waals surface area (Å²) in [6.45, 7) is 6.65. The first-order valence-electron chi connectivity index (χ1n) is 3.82. The second-order valence-electron chi connectivity index (χ2n) is 2.80. The van der Waals surface area contributed by atoms with Gasteiger partial charge in [-0.05, 0) is 13.3 Å². The van der Waals surface area contributed by atoms with Crippen molar-refractivity contribution in [2.24, 2.45) is 0 Å². The highest BCUT2D eigenvalue weighted by molar-refractivity contribution is 5.92. The maximum atomic E-state index is 10.9. The van der Waals surface area contributed by atoms with Gasteiger partial charge in [-0.25, -0.2) is 0 Å². The predicted molar refractivity (Wildman–Crippen MR) is 45.0 cm³/mol. The molecule has 4 nitrogen and oxygen atoms in total. The van der Waals surface area contributed by atoms with E-state index in [1.165, 1.54) is 6.92 Å². The third-order valence-electron chi connectivity index (χ3n) is 1.30. The van der Waals surface area contributed by atoms with Crippen molar-refractivity contribution < 1.29 is 15.0 Å². The first-order chi connectivity index (χ1) is 5.39. The lowest BCUT2D eigenvalue weighted by atomic mass is 10.2. The molecule has 4 heteroatoms. The van der Waals surface area contributed by atoms with Crippen LogP contribution in [0.5, 0.6) is 0 Å². The van der Waals surface area contributed by atoms with Crippen molar-refractivity contribution in [2.45, 2.75) is 32.6 Å². The molecule has 3 N–H and O–H groups in total. The summed E-state index contributed by atoms with van der Waals surface area (Å²) in [6.07, 6.45) is 0.676. The lowest BCUT2D eigenvalue weighted by molar-refractivity contribution is -0.192. The minimum atomic E-state index is -2.11. The zero-order valence-corrected chi connectivity index (χ0v) is 7.42. The van der Waals surface area contributed by atoms with Gasteiger partial charge >= 0.3 is 0 Å². The lowest BCUT2D eigenvalue weighted by Crippen LogP contribution is -2.48. The molecule has 0 spiro atoms. The minimum absolute atomic E-state index is 0.103. The Labute approximate surface area is 71.9 Å². The van der Waals surface area contributed by atoms with Crippen molar-refractivity contribution in [1.29, 1.82) is 0 Å². The van der Waals surface area contributed by atoms with Gasteiger partial charge in [-0.2, -0.15) is 0 Å². The van der Waals surface area contributed by atoms with Crippen LogP contribution in [0.4, 0.5) is 0 Å². The Bertz CT molecular complexity index is 187. The first kappa shape index (κ1) is 11.1. The molecule has 0 saturated heterocycles. The van der Waals surface area contributed by atoms with Gasteiger partial charge in [0.1, 0.15) is 0 Å². The molecule has 0 fully saturated rings. The van der Waals surface area contributed by atoms with Crippen molar-refractivity contribution in [1.82, 2.24) is 5.32 Å². The van der Waals surface area contributed by atoms with Crippen LogP contribution < -0.4 is 5.32 Å². The Hall–Kier alpha value is -0.870. The summed E-state index contributed by atoms with van der Waals surface area (Å²) in [5.41, 5.74) is 0.249. The van der Waals surface area contributed by atoms with Crippen LogP contribution in [0.2, 0.25) is 0 Å². The second kappa shape index (κ2) is 4.23. The second-order valence-corrected chi connectivity index (χ2v) is 2.80. The van der Waals surface area contributed by atoms with Gasteiger partial charge in [0, 0.05) is 12.0 Å². The van der Waals surface area contributed by atoms with E-state index in [1.54, 1.807) is 6.92 Å². The molecule has 12 heavy (non-hydrogen) atoms. The highest BCUT2D eigenvalue weighted by atomic mass is 16.5. The largest absolute Gasteiger partial charge is 0.349 e. The number of hydrogen-bond donors (Lipinski definition) is 3. The number of nitrogens with one attached hydrogen (secondary N) is 1. The predicted octanol–water partition coefficient (Wildman–Crippen LogP) is 0.117. The van der Waals surface area contributed by atoms with Gasteiger partial charge in [0.2, 0.25) is 11.8 Å². The fourth-order valence-electron chi connectivity index (χ4n) is 0.700. The number of amides is 1. The van der Waals surface area contributed by atoms with Gasteiger partial charge in [-0.15, -0.1) is 0 Å². The molecule has 0 aliphatic heterocycles. The smallest absolute Gasteiger partial charge is 0.250 e. The average molecular weight is 173 g/mol. The summed E-state index contributed by atoms with van der Waals surface area (Å²) < 4.78 is 0. The maximum absolute atomic E-state index is 10.9. The van der Waals surface area contributed by atoms with E-state index < -0.39 is 11.8 Å². The number of rotatable bonds is 4. The fraction of sp³-hybridized carbons (Fsp3) is 0.625. The van der Waals surface area contributed by atoms with E-state index in [-0.39, 0.29) is 12.0 Å². The minimum Gasteiger partial charge on any atom is -0.349 e. The Kier molecular flexibility index (Phi) is 3.92. The van der Waals surface area contributed by atoms with Crippen molar-refractivity contribution in [2.75, 3.05) is 0 Å². The molecule has 0 bridgehead atoms. The molecule has 0 aliphatic carbocycles. The van der Waals surface area contributed by atoms with Crippen LogP contribution in [0.1, 0.15) is 26.7 Å². The lowest BCUT2D eigenvalue weighted by Gasteiger charge is -2.21. The number of carbonyl (C=O) groups is 1. The number of carbonyl (C=O) groups excluding carboxylic acids is 1.